The molecule has 1 aromatic carbocycles. The van der Waals surface area contributed by atoms with Crippen molar-refractivity contribution < 1.29 is 8.78 Å². The van der Waals surface area contributed by atoms with E-state index in [-0.39, 0.29) is 11.1 Å². The fourth-order valence-electron chi connectivity index (χ4n) is 5.30. The fourth-order valence-corrected chi connectivity index (χ4v) is 5.30. The zero-order valence-electron chi connectivity index (χ0n) is 20.9. The number of halogens is 2. The lowest BCUT2D eigenvalue weighted by molar-refractivity contribution is 0.152. The first-order valence-electron chi connectivity index (χ1n) is 12.2. The van der Waals surface area contributed by atoms with Crippen molar-refractivity contribution in [2.45, 2.75) is 26.2 Å². The molecule has 37 heavy (non-hydrogen) atoms. The second kappa shape index (κ2) is 8.72. The molecule has 0 unspecified atom stereocenters. The lowest BCUT2D eigenvalue weighted by Crippen LogP contribution is -2.28. The molecule has 0 aliphatic carbocycles. The summed E-state index contributed by atoms with van der Waals surface area (Å²) in [4.78, 5) is 21.8. The van der Waals surface area contributed by atoms with E-state index in [1.54, 1.807) is 48.7 Å². The van der Waals surface area contributed by atoms with E-state index in [0.717, 1.165) is 35.0 Å². The van der Waals surface area contributed by atoms with Crippen LogP contribution in [0, 0.1) is 6.92 Å². The summed E-state index contributed by atoms with van der Waals surface area (Å²) in [7, 11) is 3.53. The van der Waals surface area contributed by atoms with Crippen LogP contribution in [-0.4, -0.2) is 32.5 Å². The third-order valence-corrected chi connectivity index (χ3v) is 7.17. The average Bonchev–Trinajstić information content (AvgIpc) is 3.58. The highest BCUT2D eigenvalue weighted by Crippen LogP contribution is 2.43. The quantitative estimate of drug-likeness (QED) is 0.442. The maximum absolute atomic E-state index is 14.4. The molecular formula is C27H27F2N7O. The van der Waals surface area contributed by atoms with Crippen molar-refractivity contribution in [2.75, 3.05) is 23.0 Å². The third-order valence-electron chi connectivity index (χ3n) is 7.17. The maximum Gasteiger partial charge on any atom is 0.264 e. The van der Waals surface area contributed by atoms with Crippen LogP contribution in [0.3, 0.4) is 0 Å². The molecular weight excluding hydrogens is 476 g/mol. The summed E-state index contributed by atoms with van der Waals surface area (Å²) in [5, 5.41) is 8.13. The predicted octanol–water partition coefficient (Wildman–Crippen LogP) is 4.50. The molecule has 5 heterocycles. The minimum atomic E-state index is -2.65. The van der Waals surface area contributed by atoms with Crippen molar-refractivity contribution in [1.82, 2.24) is 24.6 Å². The van der Waals surface area contributed by atoms with Gasteiger partial charge < -0.3 is 19.7 Å². The van der Waals surface area contributed by atoms with Crippen LogP contribution in [0.5, 0.6) is 0 Å². The van der Waals surface area contributed by atoms with Crippen molar-refractivity contribution >= 4 is 28.2 Å². The van der Waals surface area contributed by atoms with Gasteiger partial charge in [0.25, 0.3) is 12.0 Å². The first kappa shape index (κ1) is 23.2. The summed E-state index contributed by atoms with van der Waals surface area (Å²) < 4.78 is 32.0. The number of alkyl halides is 2. The molecule has 0 atom stereocenters. The number of hydrogen-bond acceptors (Lipinski definition) is 6. The molecule has 0 spiro atoms. The van der Waals surface area contributed by atoms with Crippen LogP contribution in [0.4, 0.5) is 26.1 Å². The lowest BCUT2D eigenvalue weighted by Gasteiger charge is -2.33. The number of aryl methyl sites for hydroxylation is 4. The Morgan fingerprint density at radius 2 is 1.97 bits per heavy atom. The smallest absolute Gasteiger partial charge is 0.264 e. The van der Waals surface area contributed by atoms with Gasteiger partial charge in [0.1, 0.15) is 11.6 Å². The van der Waals surface area contributed by atoms with Gasteiger partial charge in [-0.2, -0.15) is 5.10 Å². The summed E-state index contributed by atoms with van der Waals surface area (Å²) in [5.41, 5.74) is 4.11. The van der Waals surface area contributed by atoms with Gasteiger partial charge in [0.2, 0.25) is 0 Å². The van der Waals surface area contributed by atoms with E-state index >= 15 is 0 Å². The Hall–Kier alpha value is -4.21. The lowest BCUT2D eigenvalue weighted by atomic mass is 9.93. The van der Waals surface area contributed by atoms with Crippen LogP contribution >= 0.6 is 0 Å². The number of pyridine rings is 2. The van der Waals surface area contributed by atoms with E-state index in [1.165, 1.54) is 0 Å². The molecule has 8 nitrogen and oxygen atoms in total. The maximum atomic E-state index is 14.4. The first-order valence-corrected chi connectivity index (χ1v) is 12.2. The molecule has 0 saturated carbocycles. The van der Waals surface area contributed by atoms with Crippen LogP contribution < -0.4 is 20.7 Å². The van der Waals surface area contributed by atoms with E-state index in [1.807, 2.05) is 40.4 Å². The zero-order chi connectivity index (χ0) is 25.8. The van der Waals surface area contributed by atoms with Crippen molar-refractivity contribution in [3.63, 3.8) is 0 Å². The van der Waals surface area contributed by atoms with E-state index in [2.05, 4.69) is 10.4 Å². The highest BCUT2D eigenvalue weighted by atomic mass is 19.3. The molecule has 2 aliphatic heterocycles. The Bertz CT molecular complexity index is 1620. The molecule has 0 radical (unpaired) electrons. The molecule has 3 aromatic heterocycles. The van der Waals surface area contributed by atoms with Gasteiger partial charge in [0.15, 0.2) is 0 Å². The molecule has 0 bridgehead atoms. The Kier molecular flexibility index (Phi) is 5.47. The van der Waals surface area contributed by atoms with Crippen LogP contribution in [-0.2, 0) is 20.5 Å². The molecule has 6 rings (SSSR count). The molecule has 0 saturated heterocycles. The summed E-state index contributed by atoms with van der Waals surface area (Å²) >= 11 is 0. The Morgan fingerprint density at radius 1 is 1.14 bits per heavy atom. The van der Waals surface area contributed by atoms with Crippen LogP contribution in [0.25, 0.3) is 22.0 Å². The molecule has 1 N–H and O–H groups in total. The number of fused-ring (bicyclic) bond motifs is 2. The van der Waals surface area contributed by atoms with E-state index in [0.29, 0.717) is 41.5 Å². The van der Waals surface area contributed by atoms with Gasteiger partial charge in [-0.3, -0.25) is 9.48 Å². The van der Waals surface area contributed by atoms with Gasteiger partial charge in [-0.15, -0.1) is 0 Å². The van der Waals surface area contributed by atoms with E-state index in [4.69, 9.17) is 4.98 Å². The van der Waals surface area contributed by atoms with Gasteiger partial charge >= 0.3 is 0 Å². The van der Waals surface area contributed by atoms with Crippen LogP contribution in [0.2, 0.25) is 0 Å². The number of aromatic nitrogens is 4. The standard InChI is InChI=1S/C27H27F2N7O/c1-16-9-21-23(34(3)27(16)37)12-24(35-8-6-30-15-35)32-26(21)36-7-4-5-17-10-19(18-13-31-33(2)14-18)20(25(28)29)11-22(17)36/h6,8-14,25,30H,4-5,7,15H2,1-3H3. The summed E-state index contributed by atoms with van der Waals surface area (Å²) in [5.74, 6) is 1.33. The number of nitrogens with zero attached hydrogens (tertiary/aromatic N) is 6. The normalized spacial score (nSPS) is 15.1. The molecule has 0 fully saturated rings. The van der Waals surface area contributed by atoms with Crippen molar-refractivity contribution in [3.05, 3.63) is 76.1 Å². The number of benzene rings is 1. The number of nitrogens with one attached hydrogen (secondary N) is 1. The highest BCUT2D eigenvalue weighted by Gasteiger charge is 2.27. The van der Waals surface area contributed by atoms with Gasteiger partial charge in [0.05, 0.1) is 18.4 Å². The fraction of sp³-hybridized carbons (Fsp3) is 0.296. The van der Waals surface area contributed by atoms with Crippen molar-refractivity contribution in [2.24, 2.45) is 14.1 Å². The van der Waals surface area contributed by atoms with Gasteiger partial charge in [-0.05, 0) is 49.1 Å². The number of hydrogen-bond donors (Lipinski definition) is 1. The number of rotatable bonds is 4. The summed E-state index contributed by atoms with van der Waals surface area (Å²) in [6, 6.07) is 7.24. The molecule has 0 amide bonds. The Balaban J connectivity index is 1.59. The third kappa shape index (κ3) is 3.83. The Labute approximate surface area is 212 Å². The minimum absolute atomic E-state index is 0.0330. The van der Waals surface area contributed by atoms with Crippen molar-refractivity contribution in [1.29, 1.82) is 0 Å². The van der Waals surface area contributed by atoms with Crippen molar-refractivity contribution in [3.8, 4) is 11.1 Å². The minimum Gasteiger partial charge on any atom is -0.372 e. The SMILES string of the molecule is Cc1cc2c(N3CCCc4cc(-c5cnn(C)c5)c(C(F)F)cc43)nc(N3C=CNC3)cc2n(C)c1=O. The van der Waals surface area contributed by atoms with Gasteiger partial charge in [0, 0.05) is 73.1 Å². The monoisotopic (exact) mass is 503 g/mol. The zero-order valence-corrected chi connectivity index (χ0v) is 20.9. The molecule has 2 aliphatic rings. The largest absolute Gasteiger partial charge is 0.372 e. The van der Waals surface area contributed by atoms with Crippen LogP contribution in [0.15, 0.2) is 53.9 Å². The first-order chi connectivity index (χ1) is 17.8. The van der Waals surface area contributed by atoms with Crippen LogP contribution in [0.1, 0.15) is 29.5 Å². The average molecular weight is 504 g/mol. The molecule has 4 aromatic rings. The predicted molar refractivity (Wildman–Crippen MR) is 140 cm³/mol. The molecule has 10 heteroatoms. The highest BCUT2D eigenvalue weighted by molar-refractivity contribution is 5.95. The summed E-state index contributed by atoms with van der Waals surface area (Å²) in [6.45, 7) is 2.97. The van der Waals surface area contributed by atoms with E-state index < -0.39 is 6.43 Å². The topological polar surface area (TPSA) is 71.2 Å². The second-order valence-electron chi connectivity index (χ2n) is 9.60. The Morgan fingerprint density at radius 3 is 2.68 bits per heavy atom. The van der Waals surface area contributed by atoms with E-state index in [9.17, 15) is 13.6 Å². The van der Waals surface area contributed by atoms with Gasteiger partial charge in [-0.1, -0.05) is 0 Å². The summed E-state index contributed by atoms with van der Waals surface area (Å²) in [6.07, 6.45) is 6.08. The second-order valence-corrected chi connectivity index (χ2v) is 9.60. The van der Waals surface area contributed by atoms with Gasteiger partial charge in [-0.25, -0.2) is 13.8 Å². The molecule has 190 valence electrons. The number of anilines is 3.